The van der Waals surface area contributed by atoms with E-state index < -0.39 is 13.5 Å². The number of phosphoric ester groups is 1. The SMILES string of the molecule is O=C(Nc1ccn([C@H]2CC[C@H](COP(=O)(O)O)S2)c(=O)n1)c1ccccc1. The van der Waals surface area contributed by atoms with Crippen molar-refractivity contribution in [2.45, 2.75) is 23.5 Å². The summed E-state index contributed by atoms with van der Waals surface area (Å²) in [6, 6.07) is 10.1. The topological polar surface area (TPSA) is 131 Å². The van der Waals surface area contributed by atoms with Crippen LogP contribution in [-0.4, -0.2) is 37.1 Å². The van der Waals surface area contributed by atoms with E-state index in [0.717, 1.165) is 0 Å². The number of nitrogens with one attached hydrogen (secondary N) is 1. The maximum atomic E-state index is 12.3. The highest BCUT2D eigenvalue weighted by Gasteiger charge is 2.29. The second kappa shape index (κ2) is 8.37. The van der Waals surface area contributed by atoms with Crippen LogP contribution in [0.15, 0.2) is 47.4 Å². The van der Waals surface area contributed by atoms with Crippen LogP contribution in [0.2, 0.25) is 0 Å². The lowest BCUT2D eigenvalue weighted by atomic mass is 10.2. The van der Waals surface area contributed by atoms with Gasteiger partial charge >= 0.3 is 13.5 Å². The van der Waals surface area contributed by atoms with Crippen molar-refractivity contribution in [2.24, 2.45) is 0 Å². The lowest BCUT2D eigenvalue weighted by Crippen LogP contribution is -2.26. The fourth-order valence-electron chi connectivity index (χ4n) is 2.67. The van der Waals surface area contributed by atoms with Gasteiger partial charge in [-0.3, -0.25) is 13.9 Å². The largest absolute Gasteiger partial charge is 0.469 e. The fraction of sp³-hybridized carbons (Fsp3) is 0.312. The number of carbonyl (C=O) groups is 1. The summed E-state index contributed by atoms with van der Waals surface area (Å²) in [6.45, 7) is -0.0845. The van der Waals surface area contributed by atoms with E-state index in [1.807, 2.05) is 0 Å². The van der Waals surface area contributed by atoms with Crippen molar-refractivity contribution in [3.63, 3.8) is 0 Å². The molecule has 0 radical (unpaired) electrons. The van der Waals surface area contributed by atoms with Crippen molar-refractivity contribution < 1.29 is 23.7 Å². The van der Waals surface area contributed by atoms with Gasteiger partial charge in [0.05, 0.1) is 12.0 Å². The van der Waals surface area contributed by atoms with Gasteiger partial charge in [-0.2, -0.15) is 4.98 Å². The first-order valence-electron chi connectivity index (χ1n) is 8.13. The van der Waals surface area contributed by atoms with E-state index in [0.29, 0.717) is 18.4 Å². The third-order valence-corrected chi connectivity index (χ3v) is 5.95. The molecule has 3 N–H and O–H groups in total. The van der Waals surface area contributed by atoms with Crippen molar-refractivity contribution in [1.82, 2.24) is 9.55 Å². The van der Waals surface area contributed by atoms with Crippen LogP contribution in [0.25, 0.3) is 0 Å². The van der Waals surface area contributed by atoms with Crippen LogP contribution in [0, 0.1) is 0 Å². The van der Waals surface area contributed by atoms with Gasteiger partial charge in [-0.25, -0.2) is 9.36 Å². The number of thioether (sulfide) groups is 1. The van der Waals surface area contributed by atoms with Crippen LogP contribution in [0.1, 0.15) is 28.6 Å². The molecule has 0 bridgehead atoms. The fourth-order valence-corrected chi connectivity index (χ4v) is 4.58. The van der Waals surface area contributed by atoms with Crippen molar-refractivity contribution >= 4 is 31.3 Å². The molecule has 0 aliphatic carbocycles. The normalized spacial score (nSPS) is 19.8. The standard InChI is InChI=1S/C16H18N3O6PS/c20-15(11-4-2-1-3-5-11)17-13-8-9-19(16(21)18-13)14-7-6-12(27-14)10-25-26(22,23)24/h1-5,8-9,12,14H,6-7,10H2,(H2,22,23,24)(H,17,18,20,21)/t12-,14-/m1/s1. The highest BCUT2D eigenvalue weighted by atomic mass is 32.2. The minimum absolute atomic E-state index is 0.0845. The molecule has 1 aliphatic rings. The molecular formula is C16H18N3O6PS. The Kier molecular flexibility index (Phi) is 6.13. The van der Waals surface area contributed by atoms with E-state index in [1.54, 1.807) is 42.6 Å². The Bertz CT molecular complexity index is 916. The van der Waals surface area contributed by atoms with Crippen LogP contribution in [0.3, 0.4) is 0 Å². The number of anilines is 1. The van der Waals surface area contributed by atoms with Crippen LogP contribution >= 0.6 is 19.6 Å². The Labute approximate surface area is 159 Å². The number of phosphoric acid groups is 1. The second-order valence-electron chi connectivity index (χ2n) is 5.90. The van der Waals surface area contributed by atoms with Gasteiger partial charge in [-0.05, 0) is 31.0 Å². The third kappa shape index (κ3) is 5.50. The van der Waals surface area contributed by atoms with E-state index in [-0.39, 0.29) is 29.0 Å². The quantitative estimate of drug-likeness (QED) is 0.615. The summed E-state index contributed by atoms with van der Waals surface area (Å²) in [7, 11) is -4.50. The molecule has 27 heavy (non-hydrogen) atoms. The number of benzene rings is 1. The number of aromatic nitrogens is 2. The molecule has 9 nitrogen and oxygen atoms in total. The number of carbonyl (C=O) groups excluding carboxylic acids is 1. The zero-order valence-corrected chi connectivity index (χ0v) is 15.8. The molecule has 144 valence electrons. The summed E-state index contributed by atoms with van der Waals surface area (Å²) in [5.74, 6) is -0.195. The average Bonchev–Trinajstić information content (AvgIpc) is 3.09. The number of amides is 1. The van der Waals surface area contributed by atoms with Crippen LogP contribution in [-0.2, 0) is 9.09 Å². The molecule has 1 saturated heterocycles. The molecule has 1 aromatic carbocycles. The summed E-state index contributed by atoms with van der Waals surface area (Å²) >= 11 is 1.40. The molecule has 2 atom stereocenters. The average molecular weight is 411 g/mol. The number of rotatable bonds is 6. The van der Waals surface area contributed by atoms with Crippen molar-refractivity contribution in [1.29, 1.82) is 0 Å². The number of hydrogen-bond donors (Lipinski definition) is 3. The monoisotopic (exact) mass is 411 g/mol. The number of hydrogen-bond acceptors (Lipinski definition) is 6. The van der Waals surface area contributed by atoms with E-state index in [4.69, 9.17) is 9.79 Å². The summed E-state index contributed by atoms with van der Waals surface area (Å²) in [4.78, 5) is 45.9. The maximum absolute atomic E-state index is 12.3. The minimum Gasteiger partial charge on any atom is -0.306 e. The van der Waals surface area contributed by atoms with Gasteiger partial charge in [-0.15, -0.1) is 11.8 Å². The Morgan fingerprint density at radius 2 is 2.04 bits per heavy atom. The summed E-state index contributed by atoms with van der Waals surface area (Å²) in [5, 5.41) is 2.27. The highest BCUT2D eigenvalue weighted by Crippen LogP contribution is 2.44. The minimum atomic E-state index is -4.50. The molecule has 0 saturated carbocycles. The summed E-state index contributed by atoms with van der Waals surface area (Å²) in [5.41, 5.74) is -0.0438. The molecule has 2 heterocycles. The third-order valence-electron chi connectivity index (χ3n) is 3.93. The van der Waals surface area contributed by atoms with Crippen molar-refractivity contribution in [3.8, 4) is 0 Å². The smallest absolute Gasteiger partial charge is 0.306 e. The Hall–Kier alpha value is -1.97. The zero-order chi connectivity index (χ0) is 19.4. The molecule has 1 amide bonds. The van der Waals surface area contributed by atoms with Gasteiger partial charge in [0.1, 0.15) is 5.82 Å². The lowest BCUT2D eigenvalue weighted by molar-refractivity contribution is 0.102. The van der Waals surface area contributed by atoms with Gasteiger partial charge in [0.25, 0.3) is 5.91 Å². The van der Waals surface area contributed by atoms with Gasteiger partial charge in [0, 0.05) is 17.0 Å². The summed E-state index contributed by atoms with van der Waals surface area (Å²) < 4.78 is 16.8. The second-order valence-corrected chi connectivity index (χ2v) is 8.62. The zero-order valence-electron chi connectivity index (χ0n) is 14.1. The van der Waals surface area contributed by atoms with E-state index in [2.05, 4.69) is 14.8 Å². The van der Waals surface area contributed by atoms with Gasteiger partial charge in [0.2, 0.25) is 0 Å². The Balaban J connectivity index is 1.63. The molecular weight excluding hydrogens is 393 g/mol. The van der Waals surface area contributed by atoms with E-state index in [1.165, 1.54) is 16.3 Å². The highest BCUT2D eigenvalue weighted by molar-refractivity contribution is 8.00. The molecule has 0 unspecified atom stereocenters. The predicted molar refractivity (Wildman–Crippen MR) is 101 cm³/mol. The van der Waals surface area contributed by atoms with Crippen molar-refractivity contribution in [2.75, 3.05) is 11.9 Å². The van der Waals surface area contributed by atoms with Crippen LogP contribution in [0.5, 0.6) is 0 Å². The molecule has 2 aromatic rings. The van der Waals surface area contributed by atoms with E-state index in [9.17, 15) is 14.2 Å². The molecule has 1 aliphatic heterocycles. The van der Waals surface area contributed by atoms with Crippen molar-refractivity contribution in [3.05, 3.63) is 58.6 Å². The first-order valence-corrected chi connectivity index (χ1v) is 10.6. The van der Waals surface area contributed by atoms with Gasteiger partial charge in [-0.1, -0.05) is 18.2 Å². The summed E-state index contributed by atoms with van der Waals surface area (Å²) in [6.07, 6.45) is 2.87. The molecule has 3 rings (SSSR count). The van der Waals surface area contributed by atoms with Crippen LogP contribution in [0.4, 0.5) is 5.82 Å². The molecule has 1 fully saturated rings. The molecule has 11 heteroatoms. The Morgan fingerprint density at radius 3 is 2.70 bits per heavy atom. The van der Waals surface area contributed by atoms with Gasteiger partial charge in [0.15, 0.2) is 0 Å². The first kappa shape index (κ1) is 19.8. The van der Waals surface area contributed by atoms with E-state index >= 15 is 0 Å². The molecule has 1 aromatic heterocycles. The lowest BCUT2D eigenvalue weighted by Gasteiger charge is -2.14. The Morgan fingerprint density at radius 1 is 1.30 bits per heavy atom. The number of nitrogens with zero attached hydrogens (tertiary/aromatic N) is 2. The van der Waals surface area contributed by atoms with Gasteiger partial charge < -0.3 is 15.1 Å². The predicted octanol–water partition coefficient (Wildman–Crippen LogP) is 2.00. The molecule has 0 spiro atoms. The maximum Gasteiger partial charge on any atom is 0.469 e. The van der Waals surface area contributed by atoms with Crippen LogP contribution < -0.4 is 11.0 Å². The first-order chi connectivity index (χ1) is 12.8.